The number of halogens is 1. The van der Waals surface area contributed by atoms with Crippen LogP contribution in [-0.2, 0) is 14.3 Å². The van der Waals surface area contributed by atoms with Gasteiger partial charge in [0.1, 0.15) is 17.8 Å². The Morgan fingerprint density at radius 1 is 1.33 bits per heavy atom. The molecule has 0 spiro atoms. The van der Waals surface area contributed by atoms with Crippen molar-refractivity contribution in [3.05, 3.63) is 0 Å². The van der Waals surface area contributed by atoms with Gasteiger partial charge in [-0.15, -0.1) is 0 Å². The van der Waals surface area contributed by atoms with Crippen molar-refractivity contribution < 1.29 is 23.5 Å². The number of carbonyl (C=O) groups is 3. The lowest BCUT2D eigenvalue weighted by Crippen LogP contribution is -2.48. The van der Waals surface area contributed by atoms with E-state index in [1.165, 1.54) is 4.90 Å². The molecule has 0 bridgehead atoms. The molecule has 0 aromatic rings. The first kappa shape index (κ1) is 15.7. The lowest BCUT2D eigenvalue weighted by atomic mass is 10.2. The average molecular weight is 300 g/mol. The summed E-state index contributed by atoms with van der Waals surface area (Å²) in [5.74, 6) is -0.554. The number of ketones is 1. The van der Waals surface area contributed by atoms with E-state index in [4.69, 9.17) is 4.74 Å². The van der Waals surface area contributed by atoms with Crippen LogP contribution in [0.5, 0.6) is 0 Å². The van der Waals surface area contributed by atoms with E-state index in [0.29, 0.717) is 13.0 Å². The van der Waals surface area contributed by atoms with Gasteiger partial charge >= 0.3 is 6.09 Å². The molecule has 2 aliphatic heterocycles. The monoisotopic (exact) mass is 300 g/mol. The zero-order valence-electron chi connectivity index (χ0n) is 12.6. The Labute approximate surface area is 123 Å². The summed E-state index contributed by atoms with van der Waals surface area (Å²) in [5.41, 5.74) is -0.700. The van der Waals surface area contributed by atoms with Crippen LogP contribution >= 0.6 is 0 Å². The van der Waals surface area contributed by atoms with Crippen molar-refractivity contribution in [2.75, 3.05) is 19.6 Å². The minimum absolute atomic E-state index is 0.0223. The van der Waals surface area contributed by atoms with E-state index < -0.39 is 23.9 Å². The summed E-state index contributed by atoms with van der Waals surface area (Å²) in [7, 11) is 0. The molecular formula is C14H21FN2O4. The van der Waals surface area contributed by atoms with Crippen molar-refractivity contribution in [2.24, 2.45) is 0 Å². The quantitative estimate of drug-likeness (QED) is 0.728. The highest BCUT2D eigenvalue weighted by molar-refractivity contribution is 5.97. The van der Waals surface area contributed by atoms with Gasteiger partial charge in [-0.2, -0.15) is 0 Å². The van der Waals surface area contributed by atoms with Gasteiger partial charge in [-0.3, -0.25) is 14.5 Å². The third-order valence-electron chi connectivity index (χ3n) is 3.50. The molecule has 2 heterocycles. The van der Waals surface area contributed by atoms with E-state index in [0.717, 1.165) is 4.90 Å². The highest BCUT2D eigenvalue weighted by atomic mass is 19.1. The van der Waals surface area contributed by atoms with Crippen molar-refractivity contribution in [3.63, 3.8) is 0 Å². The molecule has 0 N–H and O–H groups in total. The average Bonchev–Trinajstić information content (AvgIpc) is 2.92. The highest BCUT2D eigenvalue weighted by Crippen LogP contribution is 2.23. The molecule has 7 heteroatoms. The third kappa shape index (κ3) is 3.71. The number of carbonyl (C=O) groups excluding carboxylic acids is 3. The largest absolute Gasteiger partial charge is 0.444 e. The Morgan fingerprint density at radius 2 is 2.00 bits per heavy atom. The minimum atomic E-state index is -1.03. The standard InChI is InChI=1S/C14H21FN2O4/c1-14(2,3)21-13(20)17-8-10(18)6-11(17)12(19)16-5-4-9(15)7-16/h9,11H,4-8H2,1-3H3. The van der Waals surface area contributed by atoms with Gasteiger partial charge in [0.2, 0.25) is 5.91 Å². The Bertz CT molecular complexity index is 460. The van der Waals surface area contributed by atoms with Gasteiger partial charge in [0.05, 0.1) is 13.1 Å². The van der Waals surface area contributed by atoms with Gasteiger partial charge in [-0.1, -0.05) is 0 Å². The summed E-state index contributed by atoms with van der Waals surface area (Å²) in [6.45, 7) is 5.38. The van der Waals surface area contributed by atoms with Gasteiger partial charge in [-0.25, -0.2) is 9.18 Å². The Kier molecular flexibility index (Phi) is 4.20. The molecule has 0 saturated carbocycles. The Hall–Kier alpha value is -1.66. The van der Waals surface area contributed by atoms with E-state index in [1.54, 1.807) is 20.8 Å². The van der Waals surface area contributed by atoms with Gasteiger partial charge in [0.15, 0.2) is 5.78 Å². The van der Waals surface area contributed by atoms with Crippen LogP contribution in [0.1, 0.15) is 33.6 Å². The number of rotatable bonds is 1. The second-order valence-corrected chi connectivity index (χ2v) is 6.54. The van der Waals surface area contributed by atoms with Gasteiger partial charge < -0.3 is 9.64 Å². The first-order valence-electron chi connectivity index (χ1n) is 7.11. The molecule has 0 radical (unpaired) electrons. The molecule has 2 saturated heterocycles. The molecule has 0 aromatic carbocycles. The fourth-order valence-electron chi connectivity index (χ4n) is 2.55. The van der Waals surface area contributed by atoms with Crippen LogP contribution in [0.3, 0.4) is 0 Å². The van der Waals surface area contributed by atoms with E-state index in [1.807, 2.05) is 0 Å². The van der Waals surface area contributed by atoms with E-state index in [-0.39, 0.29) is 31.2 Å². The predicted octanol–water partition coefficient (Wildman–Crippen LogP) is 1.14. The minimum Gasteiger partial charge on any atom is -0.444 e. The molecule has 21 heavy (non-hydrogen) atoms. The number of alkyl halides is 1. The zero-order valence-corrected chi connectivity index (χ0v) is 12.6. The number of Topliss-reactive ketones (excluding diaryl/α,β-unsaturated/α-hetero) is 1. The summed E-state index contributed by atoms with van der Waals surface area (Å²) in [5, 5.41) is 0. The van der Waals surface area contributed by atoms with Crippen LogP contribution in [0.25, 0.3) is 0 Å². The summed E-state index contributed by atoms with van der Waals surface area (Å²) in [6.07, 6.45) is -1.42. The van der Waals surface area contributed by atoms with Crippen LogP contribution in [0.15, 0.2) is 0 Å². The van der Waals surface area contributed by atoms with Crippen LogP contribution in [-0.4, -0.2) is 65.0 Å². The normalized spacial score (nSPS) is 26.4. The second-order valence-electron chi connectivity index (χ2n) is 6.54. The van der Waals surface area contributed by atoms with Gasteiger partial charge in [0, 0.05) is 13.0 Å². The second kappa shape index (κ2) is 5.61. The smallest absolute Gasteiger partial charge is 0.411 e. The van der Waals surface area contributed by atoms with E-state index in [9.17, 15) is 18.8 Å². The number of hydrogen-bond acceptors (Lipinski definition) is 4. The lowest BCUT2D eigenvalue weighted by molar-refractivity contribution is -0.135. The van der Waals surface area contributed by atoms with Crippen LogP contribution in [0, 0.1) is 0 Å². The van der Waals surface area contributed by atoms with Crippen LogP contribution in [0.4, 0.5) is 9.18 Å². The number of ether oxygens (including phenoxy) is 1. The van der Waals surface area contributed by atoms with Crippen molar-refractivity contribution in [1.29, 1.82) is 0 Å². The maximum atomic E-state index is 13.2. The SMILES string of the molecule is CC(C)(C)OC(=O)N1CC(=O)CC1C(=O)N1CCC(F)C1. The topological polar surface area (TPSA) is 66.9 Å². The van der Waals surface area contributed by atoms with E-state index >= 15 is 0 Å². The molecular weight excluding hydrogens is 279 g/mol. The fourth-order valence-corrected chi connectivity index (χ4v) is 2.55. The van der Waals surface area contributed by atoms with Crippen molar-refractivity contribution in [2.45, 2.75) is 51.4 Å². The molecule has 2 aliphatic rings. The van der Waals surface area contributed by atoms with Crippen molar-refractivity contribution in [3.8, 4) is 0 Å². The summed E-state index contributed by atoms with van der Waals surface area (Å²) < 4.78 is 18.4. The summed E-state index contributed by atoms with van der Waals surface area (Å²) in [6, 6.07) is -0.863. The van der Waals surface area contributed by atoms with Gasteiger partial charge in [0.25, 0.3) is 0 Å². The van der Waals surface area contributed by atoms with Gasteiger partial charge in [-0.05, 0) is 27.2 Å². The highest BCUT2D eigenvalue weighted by Gasteiger charge is 2.43. The molecule has 118 valence electrons. The first-order chi connectivity index (χ1) is 9.67. The third-order valence-corrected chi connectivity index (χ3v) is 3.50. The predicted molar refractivity (Wildman–Crippen MR) is 72.4 cm³/mol. The first-order valence-corrected chi connectivity index (χ1v) is 7.11. The van der Waals surface area contributed by atoms with Crippen LogP contribution < -0.4 is 0 Å². The molecule has 6 nitrogen and oxygen atoms in total. The summed E-state index contributed by atoms with van der Waals surface area (Å²) in [4.78, 5) is 38.6. The fraction of sp³-hybridized carbons (Fsp3) is 0.786. The molecule has 2 rings (SSSR count). The molecule has 2 unspecified atom stereocenters. The number of hydrogen-bond donors (Lipinski definition) is 0. The number of nitrogens with zero attached hydrogens (tertiary/aromatic N) is 2. The molecule has 2 atom stereocenters. The maximum Gasteiger partial charge on any atom is 0.411 e. The van der Waals surface area contributed by atoms with Crippen molar-refractivity contribution >= 4 is 17.8 Å². The molecule has 0 aliphatic carbocycles. The summed E-state index contributed by atoms with van der Waals surface area (Å²) >= 11 is 0. The van der Waals surface area contributed by atoms with Crippen molar-refractivity contribution in [1.82, 2.24) is 9.80 Å². The number of likely N-dealkylation sites (tertiary alicyclic amines) is 2. The zero-order chi connectivity index (χ0) is 15.8. The molecule has 2 amide bonds. The Morgan fingerprint density at radius 3 is 2.52 bits per heavy atom. The lowest BCUT2D eigenvalue weighted by Gasteiger charge is -2.29. The maximum absolute atomic E-state index is 13.2. The molecule has 2 fully saturated rings. The van der Waals surface area contributed by atoms with Crippen LogP contribution in [0.2, 0.25) is 0 Å². The number of amides is 2. The van der Waals surface area contributed by atoms with E-state index in [2.05, 4.69) is 0 Å². The molecule has 0 aromatic heterocycles. The Balaban J connectivity index is 2.07.